The van der Waals surface area contributed by atoms with Crippen LogP contribution in [0.5, 0.6) is 0 Å². The van der Waals surface area contributed by atoms with Crippen LogP contribution in [-0.4, -0.2) is 4.98 Å². The van der Waals surface area contributed by atoms with Crippen LogP contribution in [0, 0.1) is 6.07 Å². The fourth-order valence-corrected chi connectivity index (χ4v) is 1.41. The second kappa shape index (κ2) is 3.39. The molecule has 0 saturated heterocycles. The summed E-state index contributed by atoms with van der Waals surface area (Å²) in [6.07, 6.45) is 0. The third kappa shape index (κ3) is 1.35. The van der Waals surface area contributed by atoms with Gasteiger partial charge in [0.1, 0.15) is 0 Å². The predicted octanol–water partition coefficient (Wildman–Crippen LogP) is 2.09. The van der Waals surface area contributed by atoms with Crippen molar-refractivity contribution in [1.82, 2.24) is 4.98 Å². The van der Waals surface area contributed by atoms with Crippen LogP contribution in [0.2, 0.25) is 0 Å². The summed E-state index contributed by atoms with van der Waals surface area (Å²) in [6, 6.07) is 8.78. The first-order valence-corrected chi connectivity index (χ1v) is 3.54. The Kier molecular flexibility index (Phi) is 2.74. The van der Waals surface area contributed by atoms with Gasteiger partial charge in [0.25, 0.3) is 0 Å². The zero-order valence-electron chi connectivity index (χ0n) is 5.24. The Balaban J connectivity index is 0.000000500. The van der Waals surface area contributed by atoms with Crippen molar-refractivity contribution < 1.29 is 25.8 Å². The van der Waals surface area contributed by atoms with Crippen molar-refractivity contribution in [1.29, 1.82) is 0 Å². The Morgan fingerprint density at radius 2 is 2.40 bits per heavy atom. The first-order chi connectivity index (χ1) is 4.47. The van der Waals surface area contributed by atoms with E-state index in [1.54, 1.807) is 11.3 Å². The van der Waals surface area contributed by atoms with Gasteiger partial charge in [0, 0.05) is 25.8 Å². The summed E-state index contributed by atoms with van der Waals surface area (Å²) < 4.78 is 1.21. The molecule has 3 heteroatoms. The number of thiazole rings is 1. The molecule has 1 aromatic carbocycles. The quantitative estimate of drug-likeness (QED) is 0.564. The van der Waals surface area contributed by atoms with Crippen LogP contribution in [0.3, 0.4) is 0 Å². The van der Waals surface area contributed by atoms with E-state index in [-0.39, 0.29) is 25.8 Å². The molecule has 0 aliphatic carbocycles. The third-order valence-electron chi connectivity index (χ3n) is 1.18. The number of hydrogen-bond acceptors (Lipinski definition) is 2. The van der Waals surface area contributed by atoms with Crippen molar-refractivity contribution in [2.45, 2.75) is 0 Å². The molecule has 0 bridgehead atoms. The van der Waals surface area contributed by atoms with Crippen molar-refractivity contribution in [2.75, 3.05) is 0 Å². The summed E-state index contributed by atoms with van der Waals surface area (Å²) in [4.78, 5) is 4.12. The maximum atomic E-state index is 4.12. The average Bonchev–Trinajstić information content (AvgIpc) is 2.33. The van der Waals surface area contributed by atoms with Gasteiger partial charge in [0.05, 0.1) is 5.51 Å². The summed E-state index contributed by atoms with van der Waals surface area (Å²) in [6.45, 7) is 0. The Morgan fingerprint density at radius 3 is 3.20 bits per heavy atom. The predicted molar refractivity (Wildman–Crippen MR) is 38.5 cm³/mol. The molecular formula is C7H4NSSc-. The molecule has 0 atom stereocenters. The standard InChI is InChI=1S/C7H4NS.Sc/c1-2-4-7-6(3-1)8-5-9-7;/h1,3-5H;/q-1;. The normalized spacial score (nSPS) is 9.20. The molecule has 0 spiro atoms. The first-order valence-electron chi connectivity index (χ1n) is 2.66. The number of aromatic nitrogens is 1. The number of nitrogens with zero attached hydrogens (tertiary/aromatic N) is 1. The molecule has 0 aliphatic rings. The topological polar surface area (TPSA) is 12.9 Å². The van der Waals surface area contributed by atoms with Gasteiger partial charge in [-0.1, -0.05) is 4.70 Å². The molecule has 0 amide bonds. The van der Waals surface area contributed by atoms with E-state index in [0.29, 0.717) is 0 Å². The van der Waals surface area contributed by atoms with Gasteiger partial charge in [-0.25, -0.2) is 0 Å². The van der Waals surface area contributed by atoms with Gasteiger partial charge in [0.15, 0.2) is 0 Å². The van der Waals surface area contributed by atoms with E-state index >= 15 is 0 Å². The molecule has 1 radical (unpaired) electrons. The Labute approximate surface area is 81.9 Å². The second-order valence-electron chi connectivity index (χ2n) is 1.75. The SMILES string of the molecule is [Sc].[c-]1ccc2ncsc2c1. The average molecular weight is 179 g/mol. The minimum Gasteiger partial charge on any atom is -0.272 e. The zero-order chi connectivity index (χ0) is 6.10. The van der Waals surface area contributed by atoms with Gasteiger partial charge in [0.2, 0.25) is 0 Å². The zero-order valence-corrected chi connectivity index (χ0v) is 7.86. The van der Waals surface area contributed by atoms with Crippen molar-refractivity contribution in [3.05, 3.63) is 29.8 Å². The molecule has 1 heterocycles. The molecule has 2 rings (SSSR count). The molecule has 47 valence electrons. The van der Waals surface area contributed by atoms with Crippen LogP contribution >= 0.6 is 11.3 Å². The maximum Gasteiger partial charge on any atom is 0.0657 e. The van der Waals surface area contributed by atoms with Crippen molar-refractivity contribution >= 4 is 21.6 Å². The molecular weight excluding hydrogens is 175 g/mol. The van der Waals surface area contributed by atoms with Gasteiger partial charge >= 0.3 is 0 Å². The Morgan fingerprint density at radius 1 is 1.50 bits per heavy atom. The number of hydrogen-bond donors (Lipinski definition) is 0. The van der Waals surface area contributed by atoms with Crippen LogP contribution in [0.25, 0.3) is 10.2 Å². The van der Waals surface area contributed by atoms with Gasteiger partial charge in [-0.2, -0.15) is 29.5 Å². The van der Waals surface area contributed by atoms with Crippen molar-refractivity contribution in [2.24, 2.45) is 0 Å². The molecule has 1 nitrogen and oxygen atoms in total. The van der Waals surface area contributed by atoms with Gasteiger partial charge in [-0.15, -0.1) is 6.07 Å². The van der Waals surface area contributed by atoms with Crippen LogP contribution in [0.15, 0.2) is 23.7 Å². The molecule has 0 N–H and O–H groups in total. The van der Waals surface area contributed by atoms with E-state index in [4.69, 9.17) is 0 Å². The van der Waals surface area contributed by atoms with Gasteiger partial charge in [-0.3, -0.25) is 4.98 Å². The summed E-state index contributed by atoms with van der Waals surface area (Å²) in [7, 11) is 0. The fraction of sp³-hybridized carbons (Fsp3) is 0. The van der Waals surface area contributed by atoms with E-state index in [2.05, 4.69) is 11.1 Å². The van der Waals surface area contributed by atoms with E-state index in [0.717, 1.165) is 5.52 Å². The largest absolute Gasteiger partial charge is 0.272 e. The van der Waals surface area contributed by atoms with Crippen molar-refractivity contribution in [3.8, 4) is 0 Å². The molecule has 0 fully saturated rings. The maximum absolute atomic E-state index is 4.12. The van der Waals surface area contributed by atoms with E-state index in [9.17, 15) is 0 Å². The van der Waals surface area contributed by atoms with Crippen molar-refractivity contribution in [3.63, 3.8) is 0 Å². The molecule has 0 unspecified atom stereocenters. The Bertz CT molecular complexity index is 288. The first kappa shape index (κ1) is 8.08. The number of fused-ring (bicyclic) bond motifs is 1. The summed E-state index contributed by atoms with van der Waals surface area (Å²) in [5, 5.41) is 0. The molecule has 2 aromatic rings. The smallest absolute Gasteiger partial charge is 0.0657 e. The summed E-state index contributed by atoms with van der Waals surface area (Å²) in [5.41, 5.74) is 2.91. The minimum absolute atomic E-state index is 0. The van der Waals surface area contributed by atoms with E-state index in [1.807, 2.05) is 23.7 Å². The van der Waals surface area contributed by atoms with Crippen LogP contribution in [0.1, 0.15) is 0 Å². The molecule has 1 aromatic heterocycles. The summed E-state index contributed by atoms with van der Waals surface area (Å²) >= 11 is 1.64. The van der Waals surface area contributed by atoms with Crippen LogP contribution in [0.4, 0.5) is 0 Å². The number of rotatable bonds is 0. The Hall–Kier alpha value is -0.0199. The second-order valence-corrected chi connectivity index (χ2v) is 2.63. The molecule has 0 saturated carbocycles. The van der Waals surface area contributed by atoms with E-state index in [1.165, 1.54) is 4.70 Å². The fourth-order valence-electron chi connectivity index (χ4n) is 0.748. The van der Waals surface area contributed by atoms with Gasteiger partial charge in [-0.05, 0) is 5.52 Å². The monoisotopic (exact) mass is 179 g/mol. The van der Waals surface area contributed by atoms with Gasteiger partial charge < -0.3 is 0 Å². The van der Waals surface area contributed by atoms with Crippen LogP contribution < -0.4 is 0 Å². The van der Waals surface area contributed by atoms with Crippen LogP contribution in [-0.2, 0) is 25.8 Å². The molecule has 0 aliphatic heterocycles. The third-order valence-corrected chi connectivity index (χ3v) is 1.97. The molecule has 10 heavy (non-hydrogen) atoms. The summed E-state index contributed by atoms with van der Waals surface area (Å²) in [5.74, 6) is 0. The van der Waals surface area contributed by atoms with E-state index < -0.39 is 0 Å². The number of benzene rings is 1. The minimum atomic E-state index is 0.